The molecule has 124 valence electrons. The van der Waals surface area contributed by atoms with Gasteiger partial charge in [0.25, 0.3) is 0 Å². The van der Waals surface area contributed by atoms with Crippen LogP contribution in [-0.2, 0) is 9.47 Å². The van der Waals surface area contributed by atoms with Gasteiger partial charge in [-0.25, -0.2) is 4.99 Å². The molecule has 0 aliphatic carbocycles. The van der Waals surface area contributed by atoms with Crippen LogP contribution >= 0.6 is 0 Å². The first-order chi connectivity index (χ1) is 10.0. The summed E-state index contributed by atoms with van der Waals surface area (Å²) < 4.78 is 39.3. The van der Waals surface area contributed by atoms with E-state index in [1.54, 1.807) is 20.8 Å². The molecule has 0 aromatic carbocycles. The summed E-state index contributed by atoms with van der Waals surface area (Å²) in [7, 11) is 0. The molecular formula is C14H21F2N3O3. The molecule has 2 aliphatic heterocycles. The lowest BCUT2D eigenvalue weighted by molar-refractivity contribution is -0.149. The van der Waals surface area contributed by atoms with E-state index >= 15 is 0 Å². The van der Waals surface area contributed by atoms with Gasteiger partial charge in [0.1, 0.15) is 17.8 Å². The lowest BCUT2D eigenvalue weighted by Crippen LogP contribution is -2.47. The molecule has 2 rings (SSSR count). The second-order valence-corrected chi connectivity index (χ2v) is 6.25. The molecule has 0 bridgehead atoms. The van der Waals surface area contributed by atoms with Gasteiger partial charge in [0.15, 0.2) is 6.10 Å². The van der Waals surface area contributed by atoms with Crippen molar-refractivity contribution in [3.05, 3.63) is 24.7 Å². The zero-order valence-corrected chi connectivity index (χ0v) is 12.8. The highest BCUT2D eigenvalue weighted by atomic mass is 19.3. The van der Waals surface area contributed by atoms with Crippen molar-refractivity contribution < 1.29 is 23.4 Å². The molecule has 6 nitrogen and oxygen atoms in total. The quantitative estimate of drug-likeness (QED) is 0.817. The van der Waals surface area contributed by atoms with Crippen LogP contribution in [0.4, 0.5) is 8.78 Å². The van der Waals surface area contributed by atoms with Gasteiger partial charge < -0.3 is 25.2 Å². The molecule has 1 saturated heterocycles. The van der Waals surface area contributed by atoms with Crippen molar-refractivity contribution in [1.82, 2.24) is 4.90 Å². The average molecular weight is 317 g/mol. The van der Waals surface area contributed by atoms with Gasteiger partial charge in [-0.2, -0.15) is 8.78 Å². The molecule has 8 heteroatoms. The molecule has 0 unspecified atom stereocenters. The van der Waals surface area contributed by atoms with Crippen molar-refractivity contribution in [2.24, 2.45) is 10.7 Å². The van der Waals surface area contributed by atoms with Crippen LogP contribution in [0.15, 0.2) is 29.7 Å². The van der Waals surface area contributed by atoms with Crippen LogP contribution in [0.25, 0.3) is 0 Å². The third-order valence-corrected chi connectivity index (χ3v) is 3.27. The molecule has 0 radical (unpaired) electrons. The Labute approximate surface area is 127 Å². The van der Waals surface area contributed by atoms with E-state index in [0.717, 1.165) is 4.90 Å². The number of rotatable bonds is 3. The van der Waals surface area contributed by atoms with Crippen molar-refractivity contribution in [3.63, 3.8) is 0 Å². The molecule has 0 amide bonds. The summed E-state index contributed by atoms with van der Waals surface area (Å²) in [6, 6.07) is 0. The molecule has 3 atom stereocenters. The van der Waals surface area contributed by atoms with Crippen LogP contribution < -0.4 is 5.73 Å². The van der Waals surface area contributed by atoms with Gasteiger partial charge in [-0.3, -0.25) is 0 Å². The van der Waals surface area contributed by atoms with Gasteiger partial charge in [0, 0.05) is 6.20 Å². The topological polar surface area (TPSA) is 80.3 Å². The summed E-state index contributed by atoms with van der Waals surface area (Å²) in [5.41, 5.74) is 4.96. The van der Waals surface area contributed by atoms with Crippen molar-refractivity contribution in [2.75, 3.05) is 6.61 Å². The van der Waals surface area contributed by atoms with Crippen molar-refractivity contribution >= 4 is 5.84 Å². The van der Waals surface area contributed by atoms with E-state index in [1.165, 1.54) is 12.3 Å². The summed E-state index contributed by atoms with van der Waals surface area (Å²) in [6.45, 7) is 8.79. The monoisotopic (exact) mass is 317 g/mol. The standard InChI is InChI=1S/C14H21F2N3O3/c1-8-18-10(17)5-6-19(8)12-14(15,16)11(20)9(22-12)7-21-13(2,3)4/h5-6,9,11-12,20H,1,7H2,2-4H3,(H2,17,18)/t9-,11+,12-/m1/s1. The SMILES string of the molecule is C=C1N=C(N)C=CN1[C@@H]1O[C@H](COC(C)(C)C)[C@H](O)C1(F)F. The number of ether oxygens (including phenoxy) is 2. The summed E-state index contributed by atoms with van der Waals surface area (Å²) in [5.74, 6) is -3.31. The fraction of sp³-hybridized carbons (Fsp3) is 0.643. The number of aliphatic imine (C=N–C) groups is 1. The normalized spacial score (nSPS) is 31.5. The maximum atomic E-state index is 14.3. The van der Waals surface area contributed by atoms with Crippen LogP contribution in [0, 0.1) is 0 Å². The van der Waals surface area contributed by atoms with Crippen LogP contribution in [0.1, 0.15) is 20.8 Å². The average Bonchev–Trinajstić information content (AvgIpc) is 2.59. The first kappa shape index (κ1) is 16.9. The number of halogens is 2. The Balaban J connectivity index is 2.13. The minimum Gasteiger partial charge on any atom is -0.384 e. The van der Waals surface area contributed by atoms with E-state index in [1.807, 2.05) is 0 Å². The van der Waals surface area contributed by atoms with E-state index < -0.39 is 30.0 Å². The van der Waals surface area contributed by atoms with Gasteiger partial charge in [0.2, 0.25) is 6.23 Å². The summed E-state index contributed by atoms with van der Waals surface area (Å²) in [5, 5.41) is 9.86. The Bertz CT molecular complexity index is 514. The zero-order chi connectivity index (χ0) is 16.7. The first-order valence-corrected chi connectivity index (χ1v) is 6.87. The zero-order valence-electron chi connectivity index (χ0n) is 12.8. The number of aliphatic hydroxyl groups excluding tert-OH is 1. The second kappa shape index (κ2) is 5.60. The van der Waals surface area contributed by atoms with Gasteiger partial charge in [-0.05, 0) is 26.8 Å². The van der Waals surface area contributed by atoms with Crippen molar-refractivity contribution in [1.29, 1.82) is 0 Å². The molecule has 0 saturated carbocycles. The maximum absolute atomic E-state index is 14.3. The van der Waals surface area contributed by atoms with Gasteiger partial charge in [0.05, 0.1) is 12.2 Å². The van der Waals surface area contributed by atoms with Crippen molar-refractivity contribution in [3.8, 4) is 0 Å². The van der Waals surface area contributed by atoms with E-state index in [4.69, 9.17) is 15.2 Å². The molecule has 2 aliphatic rings. The molecule has 0 aromatic rings. The molecule has 0 aromatic heterocycles. The predicted molar refractivity (Wildman–Crippen MR) is 77.1 cm³/mol. The fourth-order valence-corrected chi connectivity index (χ4v) is 2.14. The number of aliphatic hydroxyl groups is 1. The summed E-state index contributed by atoms with van der Waals surface area (Å²) in [4.78, 5) is 4.87. The Morgan fingerprint density at radius 2 is 2.18 bits per heavy atom. The van der Waals surface area contributed by atoms with Crippen LogP contribution in [0.3, 0.4) is 0 Å². The molecule has 1 fully saturated rings. The Morgan fingerprint density at radius 3 is 2.73 bits per heavy atom. The summed E-state index contributed by atoms with van der Waals surface area (Å²) >= 11 is 0. The Hall–Kier alpha value is -1.51. The number of alkyl halides is 2. The van der Waals surface area contributed by atoms with Crippen LogP contribution in [0.5, 0.6) is 0 Å². The van der Waals surface area contributed by atoms with Gasteiger partial charge >= 0.3 is 5.92 Å². The predicted octanol–water partition coefficient (Wildman–Crippen LogP) is 1.18. The lowest BCUT2D eigenvalue weighted by atomic mass is 10.1. The third kappa shape index (κ3) is 3.29. The molecular weight excluding hydrogens is 296 g/mol. The number of amidine groups is 1. The summed E-state index contributed by atoms with van der Waals surface area (Å²) in [6.07, 6.45) is -2.17. The highest BCUT2D eigenvalue weighted by Gasteiger charge is 2.60. The molecule has 3 N–H and O–H groups in total. The molecule has 2 heterocycles. The second-order valence-electron chi connectivity index (χ2n) is 6.25. The van der Waals surface area contributed by atoms with E-state index in [-0.39, 0.29) is 18.3 Å². The maximum Gasteiger partial charge on any atom is 0.320 e. The van der Waals surface area contributed by atoms with Crippen LogP contribution in [0.2, 0.25) is 0 Å². The Morgan fingerprint density at radius 1 is 1.55 bits per heavy atom. The fourth-order valence-electron chi connectivity index (χ4n) is 2.14. The van der Waals surface area contributed by atoms with E-state index in [2.05, 4.69) is 11.6 Å². The third-order valence-electron chi connectivity index (χ3n) is 3.27. The van der Waals surface area contributed by atoms with Crippen LogP contribution in [-0.4, -0.2) is 52.4 Å². The highest BCUT2D eigenvalue weighted by Crippen LogP contribution is 2.40. The largest absolute Gasteiger partial charge is 0.384 e. The number of hydrogen-bond acceptors (Lipinski definition) is 6. The number of nitrogens with two attached hydrogens (primary N) is 1. The van der Waals surface area contributed by atoms with Gasteiger partial charge in [-0.1, -0.05) is 6.58 Å². The minimum absolute atomic E-state index is 0.0225. The van der Waals surface area contributed by atoms with Gasteiger partial charge in [-0.15, -0.1) is 0 Å². The smallest absolute Gasteiger partial charge is 0.320 e. The minimum atomic E-state index is -3.50. The van der Waals surface area contributed by atoms with E-state index in [0.29, 0.717) is 0 Å². The van der Waals surface area contributed by atoms with E-state index in [9.17, 15) is 13.9 Å². The van der Waals surface area contributed by atoms with Crippen molar-refractivity contribution in [2.45, 2.75) is 50.7 Å². The first-order valence-electron chi connectivity index (χ1n) is 6.87. The molecule has 22 heavy (non-hydrogen) atoms. The molecule has 0 spiro atoms. The Kier molecular flexibility index (Phi) is 4.29. The number of hydrogen-bond donors (Lipinski definition) is 2. The number of nitrogens with zero attached hydrogens (tertiary/aromatic N) is 2. The highest BCUT2D eigenvalue weighted by molar-refractivity contribution is 5.92. The lowest BCUT2D eigenvalue weighted by Gasteiger charge is -2.31.